The molecular weight excluding hydrogens is 895 g/mol. The van der Waals surface area contributed by atoms with Gasteiger partial charge in [-0.25, -0.2) is 0 Å². The van der Waals surface area contributed by atoms with E-state index in [1.807, 2.05) is 0 Å². The maximum absolute atomic E-state index is 13.2. The minimum atomic E-state index is -1.67. The van der Waals surface area contributed by atoms with E-state index in [2.05, 4.69) is 67.8 Å². The number of rotatable bonds is 50. The Bertz CT molecular complexity index is 1290. The first-order valence-corrected chi connectivity index (χ1v) is 29.5. The lowest BCUT2D eigenvalue weighted by atomic mass is 9.98. The van der Waals surface area contributed by atoms with Crippen LogP contribution in [0, 0.1) is 0 Å². The SMILES string of the molecule is CCCCCC/C=C/CC/C=C/CC/C=C/CCCC(O)C(O)C(COC1OC(CO)C(O)C(O)C1O)NC(=O)C(O)CCCCCCCCCCCCC/C=C\CCCCCCCCCCCCCC. The summed E-state index contributed by atoms with van der Waals surface area (Å²) in [6.45, 7) is 3.43. The van der Waals surface area contributed by atoms with Crippen LogP contribution >= 0.6 is 0 Å². The average molecular weight is 1010 g/mol. The number of aliphatic hydroxyl groups is 7. The predicted octanol–water partition coefficient (Wildman–Crippen LogP) is 12.5. The molecule has 11 nitrogen and oxygen atoms in total. The van der Waals surface area contributed by atoms with Gasteiger partial charge < -0.3 is 50.5 Å². The van der Waals surface area contributed by atoms with Crippen molar-refractivity contribution in [3.63, 3.8) is 0 Å². The first-order chi connectivity index (χ1) is 34.7. The maximum atomic E-state index is 13.2. The fourth-order valence-electron chi connectivity index (χ4n) is 9.23. The standard InChI is InChI=1S/C60H111NO10/c1-3-5-7-9-11-13-15-17-19-21-22-23-24-25-26-27-28-29-30-32-34-36-38-40-42-44-46-48-53(64)59(69)61-51(50-70-60-58(68)57(67)56(66)54(49-62)71-60)55(65)52(63)47-45-43-41-39-37-35-33-31-20-18-16-14-12-10-8-6-4-2/h14,16,25-26,31,33,39,41,51-58,60,62-68H,3-13,15,17-24,27-30,32,34-38,40,42-50H2,1-2H3,(H,61,69)/b16-14+,26-25-,33-31+,41-39+. The van der Waals surface area contributed by atoms with E-state index in [1.54, 1.807) is 0 Å². The molecule has 416 valence electrons. The van der Waals surface area contributed by atoms with Gasteiger partial charge in [0.1, 0.15) is 36.6 Å². The van der Waals surface area contributed by atoms with Gasteiger partial charge in [0.05, 0.1) is 25.4 Å². The van der Waals surface area contributed by atoms with Gasteiger partial charge in [-0.3, -0.25) is 4.79 Å². The van der Waals surface area contributed by atoms with Gasteiger partial charge in [0.15, 0.2) is 6.29 Å². The normalized spacial score (nSPS) is 20.5. The van der Waals surface area contributed by atoms with E-state index in [9.17, 15) is 40.5 Å². The van der Waals surface area contributed by atoms with Crippen LogP contribution in [0.15, 0.2) is 48.6 Å². The zero-order valence-electron chi connectivity index (χ0n) is 45.5. The molecule has 0 saturated carbocycles. The summed E-state index contributed by atoms with van der Waals surface area (Å²) >= 11 is 0. The minimum Gasteiger partial charge on any atom is -0.394 e. The number of nitrogens with one attached hydrogen (secondary N) is 1. The molecule has 1 aliphatic rings. The molecule has 0 spiro atoms. The Morgan fingerprint density at radius 2 is 0.845 bits per heavy atom. The van der Waals surface area contributed by atoms with Gasteiger partial charge in [-0.05, 0) is 89.9 Å². The summed E-state index contributed by atoms with van der Waals surface area (Å²) in [5.41, 5.74) is 0. The molecule has 0 radical (unpaired) electrons. The highest BCUT2D eigenvalue weighted by Gasteiger charge is 2.44. The van der Waals surface area contributed by atoms with E-state index in [0.717, 1.165) is 44.9 Å². The first-order valence-electron chi connectivity index (χ1n) is 29.5. The van der Waals surface area contributed by atoms with Crippen LogP contribution < -0.4 is 5.32 Å². The fraction of sp³-hybridized carbons (Fsp3) is 0.850. The predicted molar refractivity (Wildman–Crippen MR) is 293 cm³/mol. The first kappa shape index (κ1) is 67.1. The monoisotopic (exact) mass is 1010 g/mol. The molecule has 0 aromatic rings. The second-order valence-corrected chi connectivity index (χ2v) is 20.7. The molecule has 1 rings (SSSR count). The molecule has 0 aromatic heterocycles. The highest BCUT2D eigenvalue weighted by Crippen LogP contribution is 2.23. The Morgan fingerprint density at radius 1 is 0.479 bits per heavy atom. The van der Waals surface area contributed by atoms with Crippen molar-refractivity contribution in [1.82, 2.24) is 5.32 Å². The van der Waals surface area contributed by atoms with E-state index in [4.69, 9.17) is 9.47 Å². The zero-order chi connectivity index (χ0) is 51.8. The van der Waals surface area contributed by atoms with Crippen molar-refractivity contribution in [2.45, 2.75) is 313 Å². The molecule has 11 heteroatoms. The molecule has 9 unspecified atom stereocenters. The summed E-state index contributed by atoms with van der Waals surface area (Å²) in [5, 5.41) is 76.1. The van der Waals surface area contributed by atoms with Crippen molar-refractivity contribution >= 4 is 5.91 Å². The van der Waals surface area contributed by atoms with E-state index in [-0.39, 0.29) is 12.8 Å². The smallest absolute Gasteiger partial charge is 0.249 e. The molecule has 0 bridgehead atoms. The van der Waals surface area contributed by atoms with E-state index < -0.39 is 74.2 Å². The van der Waals surface area contributed by atoms with Gasteiger partial charge in [0.25, 0.3) is 0 Å². The summed E-state index contributed by atoms with van der Waals surface area (Å²) in [5.74, 6) is -0.712. The largest absolute Gasteiger partial charge is 0.394 e. The van der Waals surface area contributed by atoms with Crippen molar-refractivity contribution in [2.75, 3.05) is 13.2 Å². The molecular formula is C60H111NO10. The summed E-state index contributed by atoms with van der Waals surface area (Å²) in [7, 11) is 0. The number of carbonyl (C=O) groups excluding carboxylic acids is 1. The van der Waals surface area contributed by atoms with Crippen molar-refractivity contribution in [3.05, 3.63) is 48.6 Å². The molecule has 8 N–H and O–H groups in total. The van der Waals surface area contributed by atoms with E-state index in [1.165, 1.54) is 167 Å². The number of hydrogen-bond acceptors (Lipinski definition) is 10. The van der Waals surface area contributed by atoms with Gasteiger partial charge in [-0.2, -0.15) is 0 Å². The molecule has 71 heavy (non-hydrogen) atoms. The maximum Gasteiger partial charge on any atom is 0.249 e. The average Bonchev–Trinajstić information content (AvgIpc) is 3.37. The lowest BCUT2D eigenvalue weighted by Gasteiger charge is -2.40. The van der Waals surface area contributed by atoms with Crippen LogP contribution in [0.25, 0.3) is 0 Å². The quantitative estimate of drug-likeness (QED) is 0.0215. The molecule has 1 saturated heterocycles. The second-order valence-electron chi connectivity index (χ2n) is 20.7. The Labute approximate surface area is 434 Å². The van der Waals surface area contributed by atoms with Gasteiger partial charge in [0, 0.05) is 0 Å². The summed E-state index contributed by atoms with van der Waals surface area (Å²) in [6, 6.07) is -1.20. The second kappa shape index (κ2) is 49.0. The summed E-state index contributed by atoms with van der Waals surface area (Å²) in [4.78, 5) is 13.2. The highest BCUT2D eigenvalue weighted by atomic mass is 16.7. The molecule has 1 heterocycles. The van der Waals surface area contributed by atoms with Crippen LogP contribution in [0.1, 0.15) is 258 Å². The number of carbonyl (C=O) groups is 1. The van der Waals surface area contributed by atoms with Gasteiger partial charge in [-0.15, -0.1) is 0 Å². The summed E-state index contributed by atoms with van der Waals surface area (Å²) < 4.78 is 11.1. The topological polar surface area (TPSA) is 189 Å². The van der Waals surface area contributed by atoms with Crippen molar-refractivity contribution < 1.29 is 50.0 Å². The molecule has 1 fully saturated rings. The van der Waals surface area contributed by atoms with Gasteiger partial charge >= 0.3 is 0 Å². The van der Waals surface area contributed by atoms with E-state index >= 15 is 0 Å². The number of ether oxygens (including phenoxy) is 2. The van der Waals surface area contributed by atoms with Crippen molar-refractivity contribution in [3.8, 4) is 0 Å². The number of amides is 1. The Kier molecular flexibility index (Phi) is 46.3. The Balaban J connectivity index is 2.30. The Morgan fingerprint density at radius 3 is 1.27 bits per heavy atom. The minimum absolute atomic E-state index is 0.240. The lowest BCUT2D eigenvalue weighted by molar-refractivity contribution is -0.303. The lowest BCUT2D eigenvalue weighted by Crippen LogP contribution is -2.60. The Hall–Kier alpha value is -1.93. The zero-order valence-corrected chi connectivity index (χ0v) is 45.5. The van der Waals surface area contributed by atoms with Crippen LogP contribution in [0.4, 0.5) is 0 Å². The number of hydrogen-bond donors (Lipinski definition) is 8. The van der Waals surface area contributed by atoms with Crippen LogP contribution in [0.5, 0.6) is 0 Å². The number of unbranched alkanes of at least 4 members (excludes halogenated alkanes) is 30. The van der Waals surface area contributed by atoms with E-state index in [0.29, 0.717) is 19.3 Å². The fourth-order valence-corrected chi connectivity index (χ4v) is 9.23. The van der Waals surface area contributed by atoms with Crippen LogP contribution in [-0.4, -0.2) is 110 Å². The van der Waals surface area contributed by atoms with Crippen molar-refractivity contribution in [2.24, 2.45) is 0 Å². The third-order valence-corrected chi connectivity index (χ3v) is 14.1. The van der Waals surface area contributed by atoms with Crippen molar-refractivity contribution in [1.29, 1.82) is 0 Å². The van der Waals surface area contributed by atoms with Gasteiger partial charge in [0.2, 0.25) is 5.91 Å². The third-order valence-electron chi connectivity index (χ3n) is 14.1. The summed E-state index contributed by atoms with van der Waals surface area (Å²) in [6.07, 6.45) is 50.3. The van der Waals surface area contributed by atoms with Crippen LogP contribution in [0.3, 0.4) is 0 Å². The molecule has 0 aromatic carbocycles. The van der Waals surface area contributed by atoms with Gasteiger partial charge in [-0.1, -0.05) is 217 Å². The number of aliphatic hydroxyl groups excluding tert-OH is 7. The molecule has 1 amide bonds. The van der Waals surface area contributed by atoms with Crippen LogP contribution in [-0.2, 0) is 14.3 Å². The molecule has 0 aliphatic carbocycles. The highest BCUT2D eigenvalue weighted by molar-refractivity contribution is 5.80. The van der Waals surface area contributed by atoms with Crippen LogP contribution in [0.2, 0.25) is 0 Å². The number of allylic oxidation sites excluding steroid dienone is 8. The molecule has 9 atom stereocenters. The molecule has 1 aliphatic heterocycles. The third kappa shape index (κ3) is 37.5.